The molecular weight excluding hydrogens is 305 g/mol. The summed E-state index contributed by atoms with van der Waals surface area (Å²) < 4.78 is 5.04. The number of benzene rings is 1. The van der Waals surface area contributed by atoms with Gasteiger partial charge in [-0.2, -0.15) is 0 Å². The molecule has 0 aromatic heterocycles. The second kappa shape index (κ2) is 6.26. The van der Waals surface area contributed by atoms with E-state index >= 15 is 0 Å². The highest BCUT2D eigenvalue weighted by Gasteiger charge is 2.18. The van der Waals surface area contributed by atoms with Crippen LogP contribution >= 0.6 is 27.5 Å². The summed E-state index contributed by atoms with van der Waals surface area (Å²) in [7, 11) is 1.55. The quantitative estimate of drug-likeness (QED) is 0.859. The zero-order valence-corrected chi connectivity index (χ0v) is 12.3. The molecule has 0 aliphatic heterocycles. The van der Waals surface area contributed by atoms with Crippen LogP contribution in [-0.4, -0.2) is 17.8 Å². The minimum atomic E-state index is -0.219. The number of hydrogen-bond acceptors (Lipinski definition) is 2. The molecule has 5 heteroatoms. The molecule has 3 nitrogen and oxygen atoms in total. The SMILES string of the molecule is COc1ccc(NC(=O)C(Br)C(C)C)cc1Cl. The lowest BCUT2D eigenvalue weighted by Crippen LogP contribution is -2.26. The Hall–Kier alpha value is -0.740. The number of hydrogen-bond donors (Lipinski definition) is 1. The van der Waals surface area contributed by atoms with Crippen LogP contribution in [0.5, 0.6) is 5.75 Å². The average Bonchev–Trinajstić information content (AvgIpc) is 2.28. The van der Waals surface area contributed by atoms with Crippen LogP contribution in [0.4, 0.5) is 5.69 Å². The summed E-state index contributed by atoms with van der Waals surface area (Å²) in [5.41, 5.74) is 0.658. The van der Waals surface area contributed by atoms with Crippen molar-refractivity contribution in [2.45, 2.75) is 18.7 Å². The molecule has 0 heterocycles. The summed E-state index contributed by atoms with van der Waals surface area (Å²) in [6.45, 7) is 3.94. The number of nitrogens with one attached hydrogen (secondary N) is 1. The molecule has 0 radical (unpaired) electrons. The first-order chi connectivity index (χ1) is 7.95. The molecular formula is C12H15BrClNO2. The van der Waals surface area contributed by atoms with Crippen molar-refractivity contribution in [3.63, 3.8) is 0 Å². The smallest absolute Gasteiger partial charge is 0.238 e. The van der Waals surface area contributed by atoms with Crippen molar-refractivity contribution in [1.29, 1.82) is 0 Å². The second-order valence-electron chi connectivity index (χ2n) is 3.98. The Morgan fingerprint density at radius 1 is 1.47 bits per heavy atom. The van der Waals surface area contributed by atoms with Crippen molar-refractivity contribution >= 4 is 39.1 Å². The topological polar surface area (TPSA) is 38.3 Å². The van der Waals surface area contributed by atoms with Gasteiger partial charge in [0, 0.05) is 5.69 Å². The van der Waals surface area contributed by atoms with Crippen LogP contribution in [0.15, 0.2) is 18.2 Å². The van der Waals surface area contributed by atoms with Crippen LogP contribution in [-0.2, 0) is 4.79 Å². The molecule has 94 valence electrons. The summed E-state index contributed by atoms with van der Waals surface area (Å²) in [6.07, 6.45) is 0. The van der Waals surface area contributed by atoms with Gasteiger partial charge in [-0.05, 0) is 24.1 Å². The molecule has 0 aliphatic carbocycles. The molecule has 1 rings (SSSR count). The minimum Gasteiger partial charge on any atom is -0.495 e. The van der Waals surface area contributed by atoms with Gasteiger partial charge in [-0.1, -0.05) is 41.4 Å². The number of carbonyl (C=O) groups is 1. The lowest BCUT2D eigenvalue weighted by Gasteiger charge is -2.14. The van der Waals surface area contributed by atoms with E-state index in [0.29, 0.717) is 16.5 Å². The van der Waals surface area contributed by atoms with Crippen LogP contribution in [0.25, 0.3) is 0 Å². The van der Waals surface area contributed by atoms with Gasteiger partial charge >= 0.3 is 0 Å². The zero-order chi connectivity index (χ0) is 13.0. The van der Waals surface area contributed by atoms with Gasteiger partial charge in [0.2, 0.25) is 5.91 Å². The van der Waals surface area contributed by atoms with Gasteiger partial charge in [0.05, 0.1) is 17.0 Å². The number of carbonyl (C=O) groups excluding carboxylic acids is 1. The van der Waals surface area contributed by atoms with Gasteiger partial charge in [-0.25, -0.2) is 0 Å². The summed E-state index contributed by atoms with van der Waals surface area (Å²) in [4.78, 5) is 11.6. The number of alkyl halides is 1. The standard InChI is InChI=1S/C12H15BrClNO2/c1-7(2)11(13)12(16)15-8-4-5-10(17-3)9(14)6-8/h4-7,11H,1-3H3,(H,15,16). The molecule has 17 heavy (non-hydrogen) atoms. The summed E-state index contributed by atoms with van der Waals surface area (Å²) >= 11 is 9.31. The molecule has 0 bridgehead atoms. The molecule has 1 amide bonds. The Labute approximate surface area is 115 Å². The monoisotopic (exact) mass is 319 g/mol. The number of ether oxygens (including phenoxy) is 1. The van der Waals surface area contributed by atoms with Crippen LogP contribution in [0.1, 0.15) is 13.8 Å². The Morgan fingerprint density at radius 3 is 2.59 bits per heavy atom. The third kappa shape index (κ3) is 3.89. The van der Waals surface area contributed by atoms with Gasteiger partial charge < -0.3 is 10.1 Å². The summed E-state index contributed by atoms with van der Waals surface area (Å²) in [5.74, 6) is 0.730. The first-order valence-corrected chi connectivity index (χ1v) is 6.53. The largest absolute Gasteiger partial charge is 0.495 e. The first kappa shape index (κ1) is 14.3. The molecule has 0 aliphatic rings. The van der Waals surface area contributed by atoms with E-state index in [2.05, 4.69) is 21.2 Å². The maximum atomic E-state index is 11.8. The molecule has 1 aromatic carbocycles. The summed E-state index contributed by atoms with van der Waals surface area (Å²) in [5, 5.41) is 3.26. The number of halogens is 2. The third-order valence-corrected chi connectivity index (χ3v) is 4.02. The van der Waals surface area contributed by atoms with Crippen LogP contribution < -0.4 is 10.1 Å². The van der Waals surface area contributed by atoms with Crippen LogP contribution in [0.3, 0.4) is 0 Å². The molecule has 1 aromatic rings. The lowest BCUT2D eigenvalue weighted by molar-refractivity contribution is -0.116. The average molecular weight is 321 g/mol. The van der Waals surface area contributed by atoms with Gasteiger partial charge in [0.15, 0.2) is 0 Å². The normalized spacial score (nSPS) is 12.4. The fraction of sp³-hybridized carbons (Fsp3) is 0.417. The number of amides is 1. The Balaban J connectivity index is 2.76. The maximum Gasteiger partial charge on any atom is 0.238 e. The van der Waals surface area contributed by atoms with Crippen LogP contribution in [0, 0.1) is 5.92 Å². The summed E-state index contributed by atoms with van der Waals surface area (Å²) in [6, 6.07) is 5.14. The molecule has 0 saturated heterocycles. The minimum absolute atomic E-state index is 0.0822. The van der Waals surface area contributed by atoms with Gasteiger partial charge in [-0.3, -0.25) is 4.79 Å². The van der Waals surface area contributed by atoms with E-state index in [-0.39, 0.29) is 16.7 Å². The highest BCUT2D eigenvalue weighted by molar-refractivity contribution is 9.10. The highest BCUT2D eigenvalue weighted by Crippen LogP contribution is 2.27. The van der Waals surface area contributed by atoms with E-state index in [4.69, 9.17) is 16.3 Å². The fourth-order valence-corrected chi connectivity index (χ4v) is 1.63. The van der Waals surface area contributed by atoms with E-state index < -0.39 is 0 Å². The predicted molar refractivity (Wildman–Crippen MR) is 74.2 cm³/mol. The highest BCUT2D eigenvalue weighted by atomic mass is 79.9. The molecule has 0 spiro atoms. The van der Waals surface area contributed by atoms with Crippen molar-refractivity contribution in [3.8, 4) is 5.75 Å². The molecule has 1 unspecified atom stereocenters. The van der Waals surface area contributed by atoms with Gasteiger partial charge in [-0.15, -0.1) is 0 Å². The van der Waals surface area contributed by atoms with Gasteiger partial charge in [0.25, 0.3) is 0 Å². The molecule has 0 saturated carbocycles. The second-order valence-corrected chi connectivity index (χ2v) is 5.38. The van der Waals surface area contributed by atoms with Crippen molar-refractivity contribution < 1.29 is 9.53 Å². The Bertz CT molecular complexity index is 409. The molecule has 1 atom stereocenters. The van der Waals surface area contributed by atoms with Crippen molar-refractivity contribution in [1.82, 2.24) is 0 Å². The van der Waals surface area contributed by atoms with Crippen molar-refractivity contribution in [3.05, 3.63) is 23.2 Å². The van der Waals surface area contributed by atoms with E-state index in [1.165, 1.54) is 0 Å². The maximum absolute atomic E-state index is 11.8. The van der Waals surface area contributed by atoms with E-state index in [1.54, 1.807) is 25.3 Å². The molecule has 0 fully saturated rings. The van der Waals surface area contributed by atoms with E-state index in [9.17, 15) is 4.79 Å². The lowest BCUT2D eigenvalue weighted by atomic mass is 10.1. The van der Waals surface area contributed by atoms with Crippen molar-refractivity contribution in [2.24, 2.45) is 5.92 Å². The Kier molecular flexibility index (Phi) is 5.28. The van der Waals surface area contributed by atoms with E-state index in [1.807, 2.05) is 13.8 Å². The third-order valence-electron chi connectivity index (χ3n) is 2.26. The predicted octanol–water partition coefficient (Wildman–Crippen LogP) is 3.71. The van der Waals surface area contributed by atoms with Crippen molar-refractivity contribution in [2.75, 3.05) is 12.4 Å². The Morgan fingerprint density at radius 2 is 2.12 bits per heavy atom. The first-order valence-electron chi connectivity index (χ1n) is 5.24. The number of methoxy groups -OCH3 is 1. The number of anilines is 1. The molecule has 1 N–H and O–H groups in total. The zero-order valence-electron chi connectivity index (χ0n) is 9.96. The van der Waals surface area contributed by atoms with E-state index in [0.717, 1.165) is 0 Å². The van der Waals surface area contributed by atoms with Crippen LogP contribution in [0.2, 0.25) is 5.02 Å². The number of rotatable bonds is 4. The fourth-order valence-electron chi connectivity index (χ4n) is 1.26. The van der Waals surface area contributed by atoms with Gasteiger partial charge in [0.1, 0.15) is 5.75 Å².